The van der Waals surface area contributed by atoms with Gasteiger partial charge in [0.15, 0.2) is 0 Å². The fourth-order valence-corrected chi connectivity index (χ4v) is 7.21. The Morgan fingerprint density at radius 1 is 0.742 bits per heavy atom. The van der Waals surface area contributed by atoms with Crippen molar-refractivity contribution >= 4 is 19.3 Å². The summed E-state index contributed by atoms with van der Waals surface area (Å²) in [7, 11) is -1.70. The molecule has 4 nitrogen and oxygen atoms in total. The van der Waals surface area contributed by atoms with Gasteiger partial charge in [-0.1, -0.05) is 75.2 Å². The molecule has 0 radical (unpaired) electrons. The Balaban J connectivity index is 2.16. The summed E-state index contributed by atoms with van der Waals surface area (Å²) in [6, 6.07) is 0. The van der Waals surface area contributed by atoms with Crippen molar-refractivity contribution in [2.75, 3.05) is 0 Å². The number of rotatable bonds is 6. The highest BCUT2D eigenvalue weighted by molar-refractivity contribution is 7.89. The number of hydrogen-bond acceptors (Lipinski definition) is 4. The summed E-state index contributed by atoms with van der Waals surface area (Å²) < 4.78 is 12.2. The molecule has 0 aromatic carbocycles. The van der Waals surface area contributed by atoms with E-state index in [-0.39, 0.29) is 23.6 Å². The molecule has 0 spiro atoms. The fourth-order valence-electron chi connectivity index (χ4n) is 5.49. The fraction of sp³-hybridized carbons (Fsp3) is 0.923. The zero-order chi connectivity index (χ0) is 23.5. The van der Waals surface area contributed by atoms with Gasteiger partial charge in [-0.05, 0) is 61.2 Å². The molecule has 180 valence electrons. The third kappa shape index (κ3) is 7.18. The van der Waals surface area contributed by atoms with Crippen LogP contribution in [0.1, 0.15) is 101 Å². The molecular weight excluding hydrogens is 407 g/mol. The molecule has 2 aliphatic carbocycles. The molecule has 0 N–H and O–H groups in total. The average Bonchev–Trinajstić information content (AvgIpc) is 2.59. The van der Waals surface area contributed by atoms with Gasteiger partial charge in [-0.15, -0.1) is 0 Å². The highest BCUT2D eigenvalue weighted by Gasteiger charge is 2.45. The standard InChI is InChI=1S/C26H47O4P/c1-16(2)20-12-10-18(5)14-22(20)29-24(27)31(26(7,8)9)25(28)30-23-15-19(6)11-13-21(23)17(3)4/h16-23H,10-15H2,1-9H3. The maximum Gasteiger partial charge on any atom is 0.338 e. The van der Waals surface area contributed by atoms with Gasteiger partial charge in [0.2, 0.25) is 0 Å². The summed E-state index contributed by atoms with van der Waals surface area (Å²) in [4.78, 5) is 26.8. The Hall–Kier alpha value is -0.630. The van der Waals surface area contributed by atoms with E-state index in [9.17, 15) is 9.59 Å². The van der Waals surface area contributed by atoms with Crippen molar-refractivity contribution in [1.82, 2.24) is 0 Å². The zero-order valence-corrected chi connectivity index (χ0v) is 22.3. The highest BCUT2D eigenvalue weighted by atomic mass is 31.1. The van der Waals surface area contributed by atoms with Crippen molar-refractivity contribution in [2.24, 2.45) is 35.5 Å². The largest absolute Gasteiger partial charge is 0.459 e. The van der Waals surface area contributed by atoms with Gasteiger partial charge in [0.1, 0.15) is 20.1 Å². The molecule has 6 atom stereocenters. The van der Waals surface area contributed by atoms with E-state index >= 15 is 0 Å². The summed E-state index contributed by atoms with van der Waals surface area (Å²) in [5.74, 6) is 2.78. The van der Waals surface area contributed by atoms with Crippen LogP contribution in [0.25, 0.3) is 0 Å². The quantitative estimate of drug-likeness (QED) is 0.378. The lowest BCUT2D eigenvalue weighted by atomic mass is 9.75. The predicted molar refractivity (Wildman–Crippen MR) is 130 cm³/mol. The van der Waals surface area contributed by atoms with Crippen LogP contribution in [0.3, 0.4) is 0 Å². The van der Waals surface area contributed by atoms with E-state index in [1.807, 2.05) is 20.8 Å². The third-order valence-electron chi connectivity index (χ3n) is 7.46. The Kier molecular flexibility index (Phi) is 9.44. The Labute approximate surface area is 192 Å². The number of ether oxygens (including phenoxy) is 2. The second-order valence-corrected chi connectivity index (χ2v) is 14.7. The molecule has 0 heterocycles. The van der Waals surface area contributed by atoms with Crippen molar-refractivity contribution in [1.29, 1.82) is 0 Å². The first-order valence-electron chi connectivity index (χ1n) is 12.5. The van der Waals surface area contributed by atoms with Gasteiger partial charge in [-0.2, -0.15) is 0 Å². The molecule has 2 rings (SSSR count). The molecule has 31 heavy (non-hydrogen) atoms. The van der Waals surface area contributed by atoms with Crippen molar-refractivity contribution in [3.8, 4) is 0 Å². The molecular formula is C26H47O4P. The van der Waals surface area contributed by atoms with Gasteiger partial charge in [0, 0.05) is 5.16 Å². The van der Waals surface area contributed by atoms with Crippen LogP contribution in [-0.2, 0) is 9.47 Å². The van der Waals surface area contributed by atoms with Crippen molar-refractivity contribution in [3.05, 3.63) is 0 Å². The van der Waals surface area contributed by atoms with E-state index in [1.54, 1.807) is 0 Å². The average molecular weight is 455 g/mol. The molecule has 0 aromatic rings. The van der Waals surface area contributed by atoms with Crippen molar-refractivity contribution in [3.63, 3.8) is 0 Å². The molecule has 0 aromatic heterocycles. The van der Waals surface area contributed by atoms with Crippen LogP contribution in [0.4, 0.5) is 9.59 Å². The smallest absolute Gasteiger partial charge is 0.338 e. The van der Waals surface area contributed by atoms with Gasteiger partial charge in [-0.25, -0.2) is 9.59 Å². The molecule has 0 amide bonds. The van der Waals surface area contributed by atoms with Crippen LogP contribution in [-0.4, -0.2) is 28.8 Å². The summed E-state index contributed by atoms with van der Waals surface area (Å²) in [6.07, 6.45) is 6.16. The first kappa shape index (κ1) is 26.6. The van der Waals surface area contributed by atoms with Crippen molar-refractivity contribution < 1.29 is 19.1 Å². The molecule has 0 bridgehead atoms. The molecule has 2 saturated carbocycles. The second-order valence-electron chi connectivity index (χ2n) is 12.0. The highest BCUT2D eigenvalue weighted by Crippen LogP contribution is 2.54. The second kappa shape index (κ2) is 11.0. The Bertz CT molecular complexity index is 563. The van der Waals surface area contributed by atoms with Gasteiger partial charge in [0.25, 0.3) is 0 Å². The predicted octanol–water partition coefficient (Wildman–Crippen LogP) is 8.46. The van der Waals surface area contributed by atoms with E-state index in [0.717, 1.165) is 25.7 Å². The SMILES string of the molecule is CC1CCC(C(C)C)C(OC(=O)P(C(=O)OC2CC(C)CCC2C(C)C)C(C)(C)C)C1. The lowest BCUT2D eigenvalue weighted by Gasteiger charge is -2.39. The number of carbonyl (C=O) groups is 2. The van der Waals surface area contributed by atoms with E-state index in [1.165, 1.54) is 12.8 Å². The number of carbonyl (C=O) groups excluding carboxylic acids is 2. The summed E-state index contributed by atoms with van der Waals surface area (Å²) >= 11 is 0. The summed E-state index contributed by atoms with van der Waals surface area (Å²) in [5, 5.41) is -0.481. The van der Waals surface area contributed by atoms with Gasteiger partial charge < -0.3 is 9.47 Å². The third-order valence-corrected chi connectivity index (χ3v) is 9.75. The molecule has 0 aliphatic heterocycles. The van der Waals surface area contributed by atoms with Crippen molar-refractivity contribution in [2.45, 2.75) is 118 Å². The van der Waals surface area contributed by atoms with Gasteiger partial charge in [0.05, 0.1) is 0 Å². The van der Waals surface area contributed by atoms with E-state index in [0.29, 0.717) is 35.5 Å². The van der Waals surface area contributed by atoms with E-state index < -0.39 is 13.1 Å². The maximum absolute atomic E-state index is 13.4. The minimum Gasteiger partial charge on any atom is -0.459 e. The number of hydrogen-bond donors (Lipinski definition) is 0. The van der Waals surface area contributed by atoms with Gasteiger partial charge in [-0.3, -0.25) is 0 Å². The Morgan fingerprint density at radius 2 is 1.10 bits per heavy atom. The first-order chi connectivity index (χ1) is 14.3. The molecule has 5 heteroatoms. The molecule has 2 fully saturated rings. The lowest BCUT2D eigenvalue weighted by molar-refractivity contribution is 0.0144. The minimum absolute atomic E-state index is 0.0884. The van der Waals surface area contributed by atoms with Crippen LogP contribution >= 0.6 is 7.92 Å². The minimum atomic E-state index is -1.70. The maximum atomic E-state index is 13.4. The van der Waals surface area contributed by atoms with Crippen LogP contribution < -0.4 is 0 Å². The van der Waals surface area contributed by atoms with E-state index in [2.05, 4.69) is 41.5 Å². The normalized spacial score (nSPS) is 33.3. The van der Waals surface area contributed by atoms with Crippen LogP contribution in [0.5, 0.6) is 0 Å². The summed E-state index contributed by atoms with van der Waals surface area (Å²) in [5.41, 5.74) is -0.663. The molecule has 0 saturated heterocycles. The van der Waals surface area contributed by atoms with Crippen LogP contribution in [0.2, 0.25) is 0 Å². The molecule has 6 unspecified atom stereocenters. The van der Waals surface area contributed by atoms with Crippen LogP contribution in [0, 0.1) is 35.5 Å². The van der Waals surface area contributed by atoms with E-state index in [4.69, 9.17) is 9.47 Å². The zero-order valence-electron chi connectivity index (χ0n) is 21.4. The lowest BCUT2D eigenvalue weighted by Crippen LogP contribution is -2.38. The monoisotopic (exact) mass is 454 g/mol. The van der Waals surface area contributed by atoms with Crippen LogP contribution in [0.15, 0.2) is 0 Å². The first-order valence-corrected chi connectivity index (χ1v) is 13.9. The molecule has 2 aliphatic rings. The summed E-state index contributed by atoms with van der Waals surface area (Å²) in [6.45, 7) is 19.2. The Morgan fingerprint density at radius 3 is 1.39 bits per heavy atom. The van der Waals surface area contributed by atoms with Gasteiger partial charge >= 0.3 is 11.4 Å². The topological polar surface area (TPSA) is 52.6 Å².